The van der Waals surface area contributed by atoms with Crippen LogP contribution in [0.25, 0.3) is 0 Å². The molecule has 1 unspecified atom stereocenters. The zero-order valence-corrected chi connectivity index (χ0v) is 12.3. The van der Waals surface area contributed by atoms with E-state index in [-0.39, 0.29) is 0 Å². The molecule has 4 heteroatoms. The highest BCUT2D eigenvalue weighted by Gasteiger charge is 2.20. The highest BCUT2D eigenvalue weighted by atomic mass is 16.5. The molecule has 0 aromatic carbocycles. The molecule has 106 valence electrons. The fourth-order valence-electron chi connectivity index (χ4n) is 2.46. The van der Waals surface area contributed by atoms with Gasteiger partial charge in [-0.1, -0.05) is 13.8 Å². The molecule has 1 aromatic heterocycles. The first-order chi connectivity index (χ1) is 9.26. The maximum Gasteiger partial charge on any atom is 0.129 e. The predicted molar refractivity (Wildman–Crippen MR) is 78.6 cm³/mol. The van der Waals surface area contributed by atoms with E-state index in [1.165, 1.54) is 11.3 Å². The van der Waals surface area contributed by atoms with Crippen LogP contribution in [0.1, 0.15) is 31.5 Å². The summed E-state index contributed by atoms with van der Waals surface area (Å²) in [5.41, 5.74) is 2.48. The number of pyridine rings is 1. The van der Waals surface area contributed by atoms with Crippen molar-refractivity contribution in [2.24, 2.45) is 0 Å². The van der Waals surface area contributed by atoms with E-state index in [1.807, 2.05) is 7.05 Å². The summed E-state index contributed by atoms with van der Waals surface area (Å²) in [6, 6.07) is 4.39. The monoisotopic (exact) mass is 263 g/mol. The van der Waals surface area contributed by atoms with Gasteiger partial charge in [0.1, 0.15) is 5.82 Å². The number of anilines is 1. The molecule has 1 N–H and O–H groups in total. The summed E-state index contributed by atoms with van der Waals surface area (Å²) in [6.07, 6.45) is 2.38. The van der Waals surface area contributed by atoms with Gasteiger partial charge in [0.15, 0.2) is 0 Å². The first-order valence-electron chi connectivity index (χ1n) is 7.27. The number of morpholine rings is 1. The third kappa shape index (κ3) is 3.67. The van der Waals surface area contributed by atoms with E-state index < -0.39 is 0 Å². The first kappa shape index (κ1) is 14.3. The molecule has 2 heterocycles. The Labute approximate surface area is 116 Å². The van der Waals surface area contributed by atoms with Crippen LogP contribution < -0.4 is 10.2 Å². The second-order valence-electron chi connectivity index (χ2n) is 5.06. The molecule has 2 rings (SSSR count). The lowest BCUT2D eigenvalue weighted by molar-refractivity contribution is 0.0381. The van der Waals surface area contributed by atoms with Gasteiger partial charge in [-0.25, -0.2) is 4.98 Å². The van der Waals surface area contributed by atoms with Crippen molar-refractivity contribution in [2.45, 2.75) is 39.3 Å². The van der Waals surface area contributed by atoms with Gasteiger partial charge in [0, 0.05) is 25.3 Å². The molecule has 0 saturated carbocycles. The van der Waals surface area contributed by atoms with Gasteiger partial charge in [-0.3, -0.25) is 0 Å². The van der Waals surface area contributed by atoms with E-state index in [0.29, 0.717) is 6.10 Å². The lowest BCUT2D eigenvalue weighted by Gasteiger charge is -2.33. The molecule has 1 saturated heterocycles. The summed E-state index contributed by atoms with van der Waals surface area (Å²) in [5, 5.41) is 3.21. The number of ether oxygens (including phenoxy) is 1. The molecule has 4 nitrogen and oxygen atoms in total. The summed E-state index contributed by atoms with van der Waals surface area (Å²) in [4.78, 5) is 7.13. The fourth-order valence-corrected chi connectivity index (χ4v) is 2.46. The van der Waals surface area contributed by atoms with Gasteiger partial charge in [0.05, 0.1) is 12.7 Å². The van der Waals surface area contributed by atoms with Crippen molar-refractivity contribution in [3.63, 3.8) is 0 Å². The van der Waals surface area contributed by atoms with Crippen LogP contribution in [0.15, 0.2) is 12.1 Å². The maximum atomic E-state index is 5.73. The summed E-state index contributed by atoms with van der Waals surface area (Å²) >= 11 is 0. The molecular weight excluding hydrogens is 238 g/mol. The van der Waals surface area contributed by atoms with E-state index >= 15 is 0 Å². The van der Waals surface area contributed by atoms with Crippen molar-refractivity contribution in [3.05, 3.63) is 23.4 Å². The Balaban J connectivity index is 2.19. The quantitative estimate of drug-likeness (QED) is 0.881. The lowest BCUT2D eigenvalue weighted by atomic mass is 10.1. The van der Waals surface area contributed by atoms with Gasteiger partial charge < -0.3 is 15.0 Å². The van der Waals surface area contributed by atoms with Gasteiger partial charge in [-0.05, 0) is 37.6 Å². The Morgan fingerprint density at radius 2 is 2.26 bits per heavy atom. The molecule has 0 spiro atoms. The van der Waals surface area contributed by atoms with Crippen LogP contribution in [-0.2, 0) is 17.7 Å². The van der Waals surface area contributed by atoms with Gasteiger partial charge in [0.2, 0.25) is 0 Å². The van der Waals surface area contributed by atoms with Crippen molar-refractivity contribution in [3.8, 4) is 0 Å². The summed E-state index contributed by atoms with van der Waals surface area (Å²) < 4.78 is 5.73. The van der Waals surface area contributed by atoms with Gasteiger partial charge in [-0.15, -0.1) is 0 Å². The van der Waals surface area contributed by atoms with Crippen molar-refractivity contribution >= 4 is 5.82 Å². The summed E-state index contributed by atoms with van der Waals surface area (Å²) in [6.45, 7) is 7.92. The normalized spacial score (nSPS) is 19.7. The third-order valence-electron chi connectivity index (χ3n) is 3.59. The minimum atomic E-state index is 0.341. The van der Waals surface area contributed by atoms with Crippen LogP contribution in [0.2, 0.25) is 0 Å². The number of nitrogens with zero attached hydrogens (tertiary/aromatic N) is 2. The second-order valence-corrected chi connectivity index (χ2v) is 5.06. The van der Waals surface area contributed by atoms with Crippen molar-refractivity contribution in [2.75, 3.05) is 31.6 Å². The first-order valence-corrected chi connectivity index (χ1v) is 7.27. The van der Waals surface area contributed by atoms with E-state index in [9.17, 15) is 0 Å². The van der Waals surface area contributed by atoms with Crippen molar-refractivity contribution in [1.82, 2.24) is 10.3 Å². The molecule has 0 radical (unpaired) electrons. The number of nitrogens with one attached hydrogen (secondary N) is 1. The SMILES string of the molecule is CCc1cc(CNC)cc(N2CCOC(CC)C2)n1. The van der Waals surface area contributed by atoms with E-state index in [4.69, 9.17) is 9.72 Å². The minimum absolute atomic E-state index is 0.341. The molecular formula is C15H25N3O. The molecule has 1 aromatic rings. The van der Waals surface area contributed by atoms with Gasteiger partial charge in [-0.2, -0.15) is 0 Å². The van der Waals surface area contributed by atoms with E-state index in [1.54, 1.807) is 0 Å². The minimum Gasteiger partial charge on any atom is -0.375 e. The van der Waals surface area contributed by atoms with Crippen LogP contribution in [0.3, 0.4) is 0 Å². The summed E-state index contributed by atoms with van der Waals surface area (Å²) in [5.74, 6) is 1.10. The van der Waals surface area contributed by atoms with Gasteiger partial charge >= 0.3 is 0 Å². The largest absolute Gasteiger partial charge is 0.375 e. The Morgan fingerprint density at radius 1 is 1.42 bits per heavy atom. The molecule has 0 amide bonds. The van der Waals surface area contributed by atoms with Crippen LogP contribution in [0, 0.1) is 0 Å². The number of aromatic nitrogens is 1. The molecule has 1 atom stereocenters. The average Bonchev–Trinajstić information content (AvgIpc) is 2.47. The highest BCUT2D eigenvalue weighted by molar-refractivity contribution is 5.43. The van der Waals surface area contributed by atoms with Crippen LogP contribution in [0.5, 0.6) is 0 Å². The zero-order valence-electron chi connectivity index (χ0n) is 12.3. The van der Waals surface area contributed by atoms with Crippen molar-refractivity contribution in [1.29, 1.82) is 0 Å². The Morgan fingerprint density at radius 3 is 2.95 bits per heavy atom. The Hall–Kier alpha value is -1.13. The van der Waals surface area contributed by atoms with E-state index in [0.717, 1.165) is 44.9 Å². The average molecular weight is 263 g/mol. The van der Waals surface area contributed by atoms with E-state index in [2.05, 4.69) is 36.2 Å². The van der Waals surface area contributed by atoms with Crippen LogP contribution in [-0.4, -0.2) is 37.8 Å². The zero-order chi connectivity index (χ0) is 13.7. The number of aryl methyl sites for hydroxylation is 1. The topological polar surface area (TPSA) is 37.4 Å². The highest BCUT2D eigenvalue weighted by Crippen LogP contribution is 2.19. The van der Waals surface area contributed by atoms with Gasteiger partial charge in [0.25, 0.3) is 0 Å². The fraction of sp³-hybridized carbons (Fsp3) is 0.667. The smallest absolute Gasteiger partial charge is 0.129 e. The molecule has 1 aliphatic heterocycles. The number of hydrogen-bond donors (Lipinski definition) is 1. The maximum absolute atomic E-state index is 5.73. The summed E-state index contributed by atoms with van der Waals surface area (Å²) in [7, 11) is 1.98. The molecule has 0 aliphatic carbocycles. The number of rotatable bonds is 5. The molecule has 0 bridgehead atoms. The Kier molecular flexibility index (Phi) is 5.16. The van der Waals surface area contributed by atoms with Crippen LogP contribution >= 0.6 is 0 Å². The van der Waals surface area contributed by atoms with Crippen molar-refractivity contribution < 1.29 is 4.74 Å². The molecule has 1 aliphatic rings. The molecule has 1 fully saturated rings. The second kappa shape index (κ2) is 6.87. The lowest BCUT2D eigenvalue weighted by Crippen LogP contribution is -2.42. The predicted octanol–water partition coefficient (Wildman–Crippen LogP) is 1.98. The molecule has 19 heavy (non-hydrogen) atoms. The third-order valence-corrected chi connectivity index (χ3v) is 3.59. The number of hydrogen-bond acceptors (Lipinski definition) is 4. The van der Waals surface area contributed by atoms with Crippen LogP contribution in [0.4, 0.5) is 5.82 Å². The Bertz CT molecular complexity index is 408. The standard InChI is InChI=1S/C15H25N3O/c1-4-13-8-12(10-16-3)9-15(17-13)18-6-7-19-14(5-2)11-18/h8-9,14,16H,4-7,10-11H2,1-3H3.